The maximum atomic E-state index is 13.5. The fourth-order valence-corrected chi connectivity index (χ4v) is 1.64. The van der Waals surface area contributed by atoms with E-state index >= 15 is 0 Å². The van der Waals surface area contributed by atoms with E-state index in [1.54, 1.807) is 7.11 Å². The summed E-state index contributed by atoms with van der Waals surface area (Å²) in [4.78, 5) is 0. The molecule has 0 aliphatic heterocycles. The Morgan fingerprint density at radius 3 is 2.37 bits per heavy atom. The molecule has 2 aromatic carbocycles. The first-order valence-electron chi connectivity index (χ1n) is 5.88. The van der Waals surface area contributed by atoms with E-state index in [2.05, 4.69) is 0 Å². The van der Waals surface area contributed by atoms with Gasteiger partial charge in [0.25, 0.3) is 0 Å². The lowest BCUT2D eigenvalue weighted by molar-refractivity contribution is 0.273. The molecule has 19 heavy (non-hydrogen) atoms. The van der Waals surface area contributed by atoms with Gasteiger partial charge in [0, 0.05) is 0 Å². The molecule has 0 aromatic heterocycles. The molecule has 4 heteroatoms. The van der Waals surface area contributed by atoms with Gasteiger partial charge in [-0.25, -0.2) is 4.39 Å². The highest BCUT2D eigenvalue weighted by Gasteiger charge is 2.05. The molecule has 0 saturated carbocycles. The van der Waals surface area contributed by atoms with Crippen LogP contribution in [0.5, 0.6) is 11.5 Å². The van der Waals surface area contributed by atoms with Gasteiger partial charge in [0.1, 0.15) is 12.4 Å². The number of methoxy groups -OCH3 is 1. The number of benzene rings is 2. The van der Waals surface area contributed by atoms with Crippen LogP contribution in [-0.2, 0) is 13.2 Å². The first kappa shape index (κ1) is 13.4. The number of aliphatic hydroxyl groups excluding tert-OH is 1. The second-order valence-corrected chi connectivity index (χ2v) is 4.06. The van der Waals surface area contributed by atoms with Crippen molar-refractivity contribution in [2.45, 2.75) is 13.2 Å². The molecule has 0 aliphatic rings. The van der Waals surface area contributed by atoms with Crippen LogP contribution in [0.4, 0.5) is 4.39 Å². The highest BCUT2D eigenvalue weighted by atomic mass is 19.1. The fourth-order valence-electron chi connectivity index (χ4n) is 1.64. The zero-order valence-electron chi connectivity index (χ0n) is 10.6. The van der Waals surface area contributed by atoms with E-state index in [4.69, 9.17) is 14.6 Å². The van der Waals surface area contributed by atoms with Gasteiger partial charge < -0.3 is 14.6 Å². The summed E-state index contributed by atoms with van der Waals surface area (Å²) >= 11 is 0. The maximum Gasteiger partial charge on any atom is 0.165 e. The number of halogens is 1. The predicted molar refractivity (Wildman–Crippen MR) is 69.6 cm³/mol. The van der Waals surface area contributed by atoms with Crippen LogP contribution in [0, 0.1) is 5.82 Å². The summed E-state index contributed by atoms with van der Waals surface area (Å²) in [5.74, 6) is 0.463. The Labute approximate surface area is 111 Å². The Hall–Kier alpha value is -2.07. The van der Waals surface area contributed by atoms with Crippen molar-refractivity contribution in [2.75, 3.05) is 7.11 Å². The third-order valence-corrected chi connectivity index (χ3v) is 2.73. The van der Waals surface area contributed by atoms with Gasteiger partial charge in [-0.05, 0) is 35.4 Å². The molecule has 0 heterocycles. The van der Waals surface area contributed by atoms with Crippen LogP contribution in [0.1, 0.15) is 11.1 Å². The van der Waals surface area contributed by atoms with Gasteiger partial charge in [0.05, 0.1) is 13.7 Å². The molecular weight excluding hydrogens is 247 g/mol. The van der Waals surface area contributed by atoms with E-state index in [1.165, 1.54) is 18.2 Å². The topological polar surface area (TPSA) is 38.7 Å². The van der Waals surface area contributed by atoms with E-state index < -0.39 is 5.82 Å². The molecular formula is C15H15FO3. The van der Waals surface area contributed by atoms with Crippen LogP contribution in [0.25, 0.3) is 0 Å². The largest absolute Gasteiger partial charge is 0.497 e. The van der Waals surface area contributed by atoms with E-state index in [9.17, 15) is 4.39 Å². The van der Waals surface area contributed by atoms with Gasteiger partial charge in [0.15, 0.2) is 11.6 Å². The summed E-state index contributed by atoms with van der Waals surface area (Å²) < 4.78 is 24.0. The highest BCUT2D eigenvalue weighted by Crippen LogP contribution is 2.20. The summed E-state index contributed by atoms with van der Waals surface area (Å²) in [7, 11) is 1.60. The van der Waals surface area contributed by atoms with Crippen LogP contribution >= 0.6 is 0 Å². The van der Waals surface area contributed by atoms with Crippen molar-refractivity contribution in [3.05, 3.63) is 59.4 Å². The number of hydrogen-bond acceptors (Lipinski definition) is 3. The van der Waals surface area contributed by atoms with Crippen LogP contribution in [-0.4, -0.2) is 12.2 Å². The van der Waals surface area contributed by atoms with Crippen molar-refractivity contribution in [2.24, 2.45) is 0 Å². The molecule has 0 bridgehead atoms. The smallest absolute Gasteiger partial charge is 0.165 e. The summed E-state index contributed by atoms with van der Waals surface area (Å²) in [5, 5.41) is 9.00. The summed E-state index contributed by atoms with van der Waals surface area (Å²) in [6.45, 7) is 0.120. The van der Waals surface area contributed by atoms with Crippen molar-refractivity contribution in [3.8, 4) is 11.5 Å². The fraction of sp³-hybridized carbons (Fsp3) is 0.200. The molecule has 2 rings (SSSR count). The van der Waals surface area contributed by atoms with E-state index in [-0.39, 0.29) is 19.0 Å². The van der Waals surface area contributed by atoms with Crippen LogP contribution in [0.2, 0.25) is 0 Å². The first-order valence-corrected chi connectivity index (χ1v) is 5.88. The van der Waals surface area contributed by atoms with Crippen molar-refractivity contribution in [1.82, 2.24) is 0 Å². The number of ether oxygens (including phenoxy) is 2. The van der Waals surface area contributed by atoms with Crippen molar-refractivity contribution < 1.29 is 19.0 Å². The molecule has 3 nitrogen and oxygen atoms in total. The molecule has 0 fully saturated rings. The third kappa shape index (κ3) is 3.45. The maximum absolute atomic E-state index is 13.5. The zero-order chi connectivity index (χ0) is 13.7. The Morgan fingerprint density at radius 1 is 1.05 bits per heavy atom. The Kier molecular flexibility index (Phi) is 4.36. The molecule has 0 atom stereocenters. The van der Waals surface area contributed by atoms with Gasteiger partial charge in [0.2, 0.25) is 0 Å². The first-order chi connectivity index (χ1) is 9.22. The summed E-state index contributed by atoms with van der Waals surface area (Å²) in [5.41, 5.74) is 1.53. The molecule has 1 N–H and O–H groups in total. The van der Waals surface area contributed by atoms with Gasteiger partial charge in [-0.15, -0.1) is 0 Å². The second-order valence-electron chi connectivity index (χ2n) is 4.06. The molecule has 0 unspecified atom stereocenters. The summed E-state index contributed by atoms with van der Waals surface area (Å²) in [6, 6.07) is 11.7. The molecule has 0 amide bonds. The number of hydrogen-bond donors (Lipinski definition) is 1. The Morgan fingerprint density at radius 2 is 1.74 bits per heavy atom. The molecule has 100 valence electrons. The average molecular weight is 262 g/mol. The minimum absolute atomic E-state index is 0.140. The quantitative estimate of drug-likeness (QED) is 0.900. The van der Waals surface area contributed by atoms with E-state index in [0.717, 1.165) is 11.3 Å². The molecule has 0 radical (unpaired) electrons. The standard InChI is InChI=1S/C15H15FO3/c1-18-13-5-2-11(3-6-13)10-19-15-8-12(9-17)4-7-14(15)16/h2-8,17H,9-10H2,1H3. The van der Waals surface area contributed by atoms with E-state index in [1.807, 2.05) is 24.3 Å². The van der Waals surface area contributed by atoms with Crippen molar-refractivity contribution in [3.63, 3.8) is 0 Å². The lowest BCUT2D eigenvalue weighted by Gasteiger charge is -2.09. The Bertz CT molecular complexity index is 538. The normalized spacial score (nSPS) is 10.3. The average Bonchev–Trinajstić information content (AvgIpc) is 2.47. The lowest BCUT2D eigenvalue weighted by atomic mass is 10.2. The molecule has 2 aromatic rings. The van der Waals surface area contributed by atoms with Crippen molar-refractivity contribution in [1.29, 1.82) is 0 Å². The van der Waals surface area contributed by atoms with Crippen molar-refractivity contribution >= 4 is 0 Å². The molecule has 0 aliphatic carbocycles. The lowest BCUT2D eigenvalue weighted by Crippen LogP contribution is -1.98. The van der Waals surface area contributed by atoms with Gasteiger partial charge in [-0.3, -0.25) is 0 Å². The molecule has 0 spiro atoms. The van der Waals surface area contributed by atoms with E-state index in [0.29, 0.717) is 5.56 Å². The zero-order valence-corrected chi connectivity index (χ0v) is 10.6. The molecule has 0 saturated heterocycles. The SMILES string of the molecule is COc1ccc(COc2cc(CO)ccc2F)cc1. The minimum Gasteiger partial charge on any atom is -0.497 e. The predicted octanol–water partition coefficient (Wildman–Crippen LogP) is 2.91. The van der Waals surface area contributed by atoms with Crippen LogP contribution in [0.15, 0.2) is 42.5 Å². The minimum atomic E-state index is -0.439. The van der Waals surface area contributed by atoms with Gasteiger partial charge >= 0.3 is 0 Å². The van der Waals surface area contributed by atoms with Crippen LogP contribution < -0.4 is 9.47 Å². The summed E-state index contributed by atoms with van der Waals surface area (Å²) in [6.07, 6.45) is 0. The van der Waals surface area contributed by atoms with Gasteiger partial charge in [-0.2, -0.15) is 0 Å². The van der Waals surface area contributed by atoms with Crippen LogP contribution in [0.3, 0.4) is 0 Å². The third-order valence-electron chi connectivity index (χ3n) is 2.73. The Balaban J connectivity index is 2.05. The second kappa shape index (κ2) is 6.20. The monoisotopic (exact) mass is 262 g/mol. The van der Waals surface area contributed by atoms with Gasteiger partial charge in [-0.1, -0.05) is 18.2 Å². The number of rotatable bonds is 5. The number of aliphatic hydroxyl groups is 1. The highest BCUT2D eigenvalue weighted by molar-refractivity contribution is 5.31.